The Bertz CT molecular complexity index is 1080. The molecule has 0 spiro atoms. The van der Waals surface area contributed by atoms with Gasteiger partial charge in [-0.15, -0.1) is 0 Å². The Labute approximate surface area is 162 Å². The summed E-state index contributed by atoms with van der Waals surface area (Å²) < 4.78 is 1.92. The van der Waals surface area contributed by atoms with Gasteiger partial charge in [-0.05, 0) is 37.6 Å². The molecule has 140 valence electrons. The standard InChI is InChI=1S/C21H20N6O/c1-3-11-27-17(13-25-21(27)22-4-2)14-8-9-16(19-15(14)12-24-20(19)28)26-18-7-5-6-10-23-18/h3-11,13H,12H2,1-2H3,(H,23,26)(H,24,28)/b11-3-,22-4?. The lowest BCUT2D eigenvalue weighted by atomic mass is 9.99. The van der Waals surface area contributed by atoms with E-state index in [0.29, 0.717) is 23.9 Å². The molecule has 0 saturated heterocycles. The molecule has 3 aromatic rings. The van der Waals surface area contributed by atoms with E-state index >= 15 is 0 Å². The van der Waals surface area contributed by atoms with Crippen LogP contribution in [0, 0.1) is 0 Å². The van der Waals surface area contributed by atoms with Crippen LogP contribution in [0.4, 0.5) is 17.5 Å². The van der Waals surface area contributed by atoms with Gasteiger partial charge in [-0.25, -0.2) is 15.0 Å². The molecule has 1 amide bonds. The number of benzene rings is 1. The molecule has 28 heavy (non-hydrogen) atoms. The van der Waals surface area contributed by atoms with Crippen molar-refractivity contribution in [3.05, 3.63) is 59.9 Å². The van der Waals surface area contributed by atoms with Crippen molar-refractivity contribution in [2.24, 2.45) is 4.99 Å². The first kappa shape index (κ1) is 17.7. The van der Waals surface area contributed by atoms with E-state index < -0.39 is 0 Å². The number of fused-ring (bicyclic) bond motifs is 1. The predicted octanol–water partition coefficient (Wildman–Crippen LogP) is 4.14. The first-order valence-electron chi connectivity index (χ1n) is 9.04. The summed E-state index contributed by atoms with van der Waals surface area (Å²) in [4.78, 5) is 25.6. The van der Waals surface area contributed by atoms with Crippen LogP contribution in [0.25, 0.3) is 17.5 Å². The highest BCUT2D eigenvalue weighted by Gasteiger charge is 2.27. The van der Waals surface area contributed by atoms with Gasteiger partial charge in [0, 0.05) is 30.7 Å². The van der Waals surface area contributed by atoms with Gasteiger partial charge in [0.2, 0.25) is 5.95 Å². The molecule has 7 heteroatoms. The van der Waals surface area contributed by atoms with E-state index in [1.165, 1.54) is 0 Å². The molecule has 0 fully saturated rings. The first-order valence-corrected chi connectivity index (χ1v) is 9.04. The Morgan fingerprint density at radius 1 is 1.21 bits per heavy atom. The van der Waals surface area contributed by atoms with Gasteiger partial charge >= 0.3 is 0 Å². The molecule has 0 unspecified atom stereocenters. The fraction of sp³-hybridized carbons (Fsp3) is 0.143. The summed E-state index contributed by atoms with van der Waals surface area (Å²) in [5.74, 6) is 1.19. The maximum Gasteiger partial charge on any atom is 0.254 e. The number of aromatic nitrogens is 3. The SMILES string of the molecule is CC=Nc1ncc(-c2ccc(Nc3ccccn3)c3c2CNC3=O)n1/C=C\C. The molecular formula is C21H20N6O. The highest BCUT2D eigenvalue weighted by Crippen LogP contribution is 2.36. The number of nitrogens with zero attached hydrogens (tertiary/aromatic N) is 4. The molecule has 2 aromatic heterocycles. The smallest absolute Gasteiger partial charge is 0.254 e. The van der Waals surface area contributed by atoms with Crippen molar-refractivity contribution in [2.45, 2.75) is 20.4 Å². The van der Waals surface area contributed by atoms with E-state index in [2.05, 4.69) is 25.6 Å². The summed E-state index contributed by atoms with van der Waals surface area (Å²) in [5, 5.41) is 6.17. The summed E-state index contributed by atoms with van der Waals surface area (Å²) in [5.41, 5.74) is 4.13. The number of hydrogen-bond donors (Lipinski definition) is 2. The third-order valence-corrected chi connectivity index (χ3v) is 4.49. The number of carbonyl (C=O) groups excluding carboxylic acids is 1. The largest absolute Gasteiger partial charge is 0.348 e. The molecule has 1 aromatic carbocycles. The molecule has 0 radical (unpaired) electrons. The minimum absolute atomic E-state index is 0.0980. The monoisotopic (exact) mass is 372 g/mol. The molecule has 7 nitrogen and oxygen atoms in total. The van der Waals surface area contributed by atoms with Crippen molar-refractivity contribution in [3.8, 4) is 11.3 Å². The second kappa shape index (κ2) is 7.48. The van der Waals surface area contributed by atoms with Crippen LogP contribution in [0.3, 0.4) is 0 Å². The molecule has 0 atom stereocenters. The van der Waals surface area contributed by atoms with Crippen molar-refractivity contribution >= 4 is 35.8 Å². The number of allylic oxidation sites excluding steroid dienone is 1. The number of amides is 1. The average Bonchev–Trinajstić information content (AvgIpc) is 3.28. The predicted molar refractivity (Wildman–Crippen MR) is 111 cm³/mol. The number of rotatable bonds is 5. The van der Waals surface area contributed by atoms with E-state index in [0.717, 1.165) is 22.5 Å². The fourth-order valence-corrected chi connectivity index (χ4v) is 3.32. The molecule has 3 heterocycles. The molecule has 2 N–H and O–H groups in total. The number of hydrogen-bond acceptors (Lipinski definition) is 5. The van der Waals surface area contributed by atoms with E-state index in [-0.39, 0.29) is 5.91 Å². The van der Waals surface area contributed by atoms with E-state index in [4.69, 9.17) is 0 Å². The van der Waals surface area contributed by atoms with Gasteiger partial charge in [-0.1, -0.05) is 18.2 Å². The number of imidazole rings is 1. The van der Waals surface area contributed by atoms with E-state index in [9.17, 15) is 4.79 Å². The number of carbonyl (C=O) groups is 1. The number of nitrogens with one attached hydrogen (secondary N) is 2. The zero-order valence-corrected chi connectivity index (χ0v) is 15.7. The van der Waals surface area contributed by atoms with Crippen molar-refractivity contribution in [1.82, 2.24) is 19.9 Å². The Balaban J connectivity index is 1.84. The summed E-state index contributed by atoms with van der Waals surface area (Å²) in [6, 6.07) is 9.52. The Kier molecular flexibility index (Phi) is 4.72. The van der Waals surface area contributed by atoms with Gasteiger partial charge in [0.05, 0.1) is 23.1 Å². The lowest BCUT2D eigenvalue weighted by Gasteiger charge is -2.13. The van der Waals surface area contributed by atoms with Crippen molar-refractivity contribution in [3.63, 3.8) is 0 Å². The van der Waals surface area contributed by atoms with Crippen LogP contribution in [-0.4, -0.2) is 26.7 Å². The lowest BCUT2D eigenvalue weighted by Crippen LogP contribution is -2.13. The lowest BCUT2D eigenvalue weighted by molar-refractivity contribution is 0.0966. The molecule has 4 rings (SSSR count). The zero-order valence-electron chi connectivity index (χ0n) is 15.7. The zero-order chi connectivity index (χ0) is 19.5. The van der Waals surface area contributed by atoms with E-state index in [1.54, 1.807) is 18.6 Å². The maximum absolute atomic E-state index is 12.5. The van der Waals surface area contributed by atoms with Crippen molar-refractivity contribution in [1.29, 1.82) is 0 Å². The summed E-state index contributed by atoms with van der Waals surface area (Å²) >= 11 is 0. The number of anilines is 2. The highest BCUT2D eigenvalue weighted by atomic mass is 16.1. The van der Waals surface area contributed by atoms with Crippen LogP contribution >= 0.6 is 0 Å². The van der Waals surface area contributed by atoms with Crippen LogP contribution in [0.15, 0.2) is 53.8 Å². The quantitative estimate of drug-likeness (QED) is 0.659. The number of pyridine rings is 1. The van der Waals surface area contributed by atoms with Crippen LogP contribution in [0.5, 0.6) is 0 Å². The molecule has 0 saturated carbocycles. The van der Waals surface area contributed by atoms with Crippen molar-refractivity contribution < 1.29 is 4.79 Å². The third-order valence-electron chi connectivity index (χ3n) is 4.49. The Morgan fingerprint density at radius 3 is 2.86 bits per heavy atom. The average molecular weight is 372 g/mol. The summed E-state index contributed by atoms with van der Waals surface area (Å²) in [6.45, 7) is 4.26. The van der Waals surface area contributed by atoms with Crippen LogP contribution in [0.1, 0.15) is 29.8 Å². The van der Waals surface area contributed by atoms with Crippen LogP contribution in [-0.2, 0) is 6.54 Å². The second-order valence-electron chi connectivity index (χ2n) is 6.22. The van der Waals surface area contributed by atoms with E-state index in [1.807, 2.05) is 61.0 Å². The molecule has 1 aliphatic heterocycles. The second-order valence-corrected chi connectivity index (χ2v) is 6.22. The van der Waals surface area contributed by atoms with Crippen molar-refractivity contribution in [2.75, 3.05) is 5.32 Å². The summed E-state index contributed by atoms with van der Waals surface area (Å²) in [6.07, 6.45) is 9.05. The van der Waals surface area contributed by atoms with Gasteiger partial charge in [0.25, 0.3) is 5.91 Å². The van der Waals surface area contributed by atoms with Gasteiger partial charge in [0.1, 0.15) is 5.82 Å². The highest BCUT2D eigenvalue weighted by molar-refractivity contribution is 6.06. The van der Waals surface area contributed by atoms with Crippen LogP contribution < -0.4 is 10.6 Å². The minimum atomic E-state index is -0.0980. The third kappa shape index (κ3) is 3.07. The maximum atomic E-state index is 12.5. The molecule has 0 bridgehead atoms. The van der Waals surface area contributed by atoms with Gasteiger partial charge in [0.15, 0.2) is 0 Å². The fourth-order valence-electron chi connectivity index (χ4n) is 3.32. The first-order chi connectivity index (χ1) is 13.7. The summed E-state index contributed by atoms with van der Waals surface area (Å²) in [7, 11) is 0. The molecule has 0 aliphatic carbocycles. The Hall–Kier alpha value is -3.74. The van der Waals surface area contributed by atoms with Gasteiger partial charge < -0.3 is 10.6 Å². The minimum Gasteiger partial charge on any atom is -0.348 e. The molecule has 1 aliphatic rings. The number of aliphatic imine (C=N–C) groups is 1. The van der Waals surface area contributed by atoms with Crippen LogP contribution in [0.2, 0.25) is 0 Å². The normalized spacial score (nSPS) is 13.3. The van der Waals surface area contributed by atoms with Gasteiger partial charge in [-0.3, -0.25) is 9.36 Å². The van der Waals surface area contributed by atoms with Gasteiger partial charge in [-0.2, -0.15) is 0 Å². The topological polar surface area (TPSA) is 84.2 Å². The molecular weight excluding hydrogens is 352 g/mol. The Morgan fingerprint density at radius 2 is 2.11 bits per heavy atom.